The maximum atomic E-state index is 11.1. The number of carboxylic acid groups (broad SMARTS) is 1. The van der Waals surface area contributed by atoms with Crippen molar-refractivity contribution in [2.45, 2.75) is 26.4 Å². The van der Waals surface area contributed by atoms with Gasteiger partial charge in [0.2, 0.25) is 0 Å². The van der Waals surface area contributed by atoms with E-state index in [0.29, 0.717) is 5.76 Å². The molecule has 1 aromatic rings. The summed E-state index contributed by atoms with van der Waals surface area (Å²) in [6, 6.07) is 9.27. The van der Waals surface area contributed by atoms with Crippen LogP contribution in [0.25, 0.3) is 0 Å². The van der Waals surface area contributed by atoms with E-state index < -0.39 is 11.8 Å². The first-order valence-electron chi connectivity index (χ1n) is 6.07. The highest BCUT2D eigenvalue weighted by molar-refractivity contribution is 5.67. The summed E-state index contributed by atoms with van der Waals surface area (Å²) in [5, 5.41) is 11.5. The third-order valence-electron chi connectivity index (χ3n) is 2.94. The van der Waals surface area contributed by atoms with Crippen LogP contribution < -0.4 is 10.8 Å². The summed E-state index contributed by atoms with van der Waals surface area (Å²) in [5.41, 5.74) is 2.31. The molecule has 102 valence electrons. The first-order valence-corrected chi connectivity index (χ1v) is 6.07. The first kappa shape index (κ1) is 13.4. The van der Waals surface area contributed by atoms with Crippen molar-refractivity contribution in [1.29, 1.82) is 0 Å². The summed E-state index contributed by atoms with van der Waals surface area (Å²) in [6.45, 7) is 6.01. The van der Waals surface area contributed by atoms with E-state index in [0.717, 1.165) is 5.56 Å². The molecule has 1 aliphatic heterocycles. The van der Waals surface area contributed by atoms with Gasteiger partial charge in [-0.15, -0.1) is 5.48 Å². The number of allylic oxidation sites excluding steroid dienone is 1. The molecule has 0 aliphatic carbocycles. The van der Waals surface area contributed by atoms with E-state index >= 15 is 0 Å². The molecule has 0 spiro atoms. The molecule has 0 aromatic heterocycles. The molecule has 1 atom stereocenters. The average molecular weight is 262 g/mol. The number of hydrogen-bond acceptors (Lipinski definition) is 3. The van der Waals surface area contributed by atoms with Crippen molar-refractivity contribution in [3.05, 3.63) is 47.7 Å². The molecule has 1 aromatic carbocycles. The second kappa shape index (κ2) is 4.59. The smallest absolute Gasteiger partial charge is 0.406 e. The predicted molar refractivity (Wildman–Crippen MR) is 71.0 cm³/mol. The van der Waals surface area contributed by atoms with E-state index in [-0.39, 0.29) is 5.41 Å². The van der Waals surface area contributed by atoms with E-state index in [9.17, 15) is 4.79 Å². The van der Waals surface area contributed by atoms with Crippen molar-refractivity contribution in [2.24, 2.45) is 5.41 Å². The molecule has 5 nitrogen and oxygen atoms in total. The quantitative estimate of drug-likeness (QED) is 0.766. The van der Waals surface area contributed by atoms with Gasteiger partial charge in [0.15, 0.2) is 5.66 Å². The van der Waals surface area contributed by atoms with E-state index in [2.05, 4.69) is 10.8 Å². The van der Waals surface area contributed by atoms with E-state index in [1.807, 2.05) is 51.1 Å². The van der Waals surface area contributed by atoms with Crippen molar-refractivity contribution in [3.8, 4) is 0 Å². The Kier molecular flexibility index (Phi) is 3.24. The zero-order valence-corrected chi connectivity index (χ0v) is 11.2. The minimum atomic E-state index is -1.12. The minimum Gasteiger partial charge on any atom is -0.465 e. The topological polar surface area (TPSA) is 70.6 Å². The minimum absolute atomic E-state index is 0.205. The average Bonchev–Trinajstić information content (AvgIpc) is 2.75. The monoisotopic (exact) mass is 262 g/mol. The molecule has 0 saturated carbocycles. The Bertz CT molecular complexity index is 505. The summed E-state index contributed by atoms with van der Waals surface area (Å²) < 4.78 is 0. The van der Waals surface area contributed by atoms with E-state index in [1.54, 1.807) is 6.08 Å². The highest BCUT2D eigenvalue weighted by atomic mass is 16.7. The fourth-order valence-electron chi connectivity index (χ4n) is 1.91. The normalized spacial score (nSPS) is 22.6. The molecule has 0 saturated heterocycles. The number of nitrogens with one attached hydrogen (secondary N) is 2. The van der Waals surface area contributed by atoms with Crippen LogP contribution >= 0.6 is 0 Å². The highest BCUT2D eigenvalue weighted by Crippen LogP contribution is 2.35. The Labute approximate surface area is 112 Å². The summed E-state index contributed by atoms with van der Waals surface area (Å²) in [7, 11) is 0. The molecule has 0 radical (unpaired) electrons. The number of rotatable bonds is 2. The number of hydrogen-bond donors (Lipinski definition) is 3. The largest absolute Gasteiger partial charge is 0.465 e. The van der Waals surface area contributed by atoms with Gasteiger partial charge in [-0.05, 0) is 5.56 Å². The van der Waals surface area contributed by atoms with Gasteiger partial charge >= 0.3 is 6.09 Å². The van der Waals surface area contributed by atoms with Crippen LogP contribution in [-0.2, 0) is 10.5 Å². The van der Waals surface area contributed by atoms with Crippen LogP contribution in [0, 0.1) is 5.41 Å². The van der Waals surface area contributed by atoms with Gasteiger partial charge in [-0.3, -0.25) is 5.32 Å². The molecular weight excluding hydrogens is 244 g/mol. The molecular formula is C14H18N2O3. The second-order valence-electron chi connectivity index (χ2n) is 5.57. The third kappa shape index (κ3) is 2.71. The molecule has 1 unspecified atom stereocenters. The molecule has 1 aliphatic rings. The van der Waals surface area contributed by atoms with Gasteiger partial charge < -0.3 is 9.94 Å². The van der Waals surface area contributed by atoms with Crippen molar-refractivity contribution in [2.75, 3.05) is 0 Å². The fraction of sp³-hybridized carbons (Fsp3) is 0.357. The van der Waals surface area contributed by atoms with Crippen molar-refractivity contribution < 1.29 is 14.7 Å². The molecule has 19 heavy (non-hydrogen) atoms. The fourth-order valence-corrected chi connectivity index (χ4v) is 1.91. The van der Waals surface area contributed by atoms with Gasteiger partial charge in [0, 0.05) is 11.5 Å². The van der Waals surface area contributed by atoms with Gasteiger partial charge in [-0.1, -0.05) is 51.1 Å². The van der Waals surface area contributed by atoms with Gasteiger partial charge in [0.05, 0.1) is 0 Å². The lowest BCUT2D eigenvalue weighted by Crippen LogP contribution is -2.51. The lowest BCUT2D eigenvalue weighted by Gasteiger charge is -2.26. The van der Waals surface area contributed by atoms with E-state index in [1.165, 1.54) is 0 Å². The zero-order valence-electron chi connectivity index (χ0n) is 11.2. The number of hydroxylamine groups is 1. The number of benzene rings is 1. The molecule has 0 fully saturated rings. The standard InChI is InChI=1S/C14H18N2O3/c1-13(2,3)11-9-14(16-19-11,15-12(17)18)10-7-5-4-6-8-10/h4-9,15-16H,1-3H3,(H,17,18). The van der Waals surface area contributed by atoms with Gasteiger partial charge in [-0.2, -0.15) is 0 Å². The Hall–Kier alpha value is -2.01. The van der Waals surface area contributed by atoms with Crippen LogP contribution in [0.2, 0.25) is 0 Å². The lowest BCUT2D eigenvalue weighted by atomic mass is 9.90. The zero-order chi connectivity index (χ0) is 14.1. The van der Waals surface area contributed by atoms with Crippen LogP contribution in [0.3, 0.4) is 0 Å². The SMILES string of the molecule is CC(C)(C)C1=CC(NC(=O)O)(c2ccccc2)NO1. The van der Waals surface area contributed by atoms with Crippen molar-refractivity contribution >= 4 is 6.09 Å². The Morgan fingerprint density at radius 1 is 1.32 bits per heavy atom. The molecule has 5 heteroatoms. The van der Waals surface area contributed by atoms with Gasteiger partial charge in [0.25, 0.3) is 0 Å². The van der Waals surface area contributed by atoms with Gasteiger partial charge in [-0.25, -0.2) is 4.79 Å². The van der Waals surface area contributed by atoms with Crippen LogP contribution in [0.15, 0.2) is 42.2 Å². The molecule has 1 amide bonds. The van der Waals surface area contributed by atoms with Crippen LogP contribution in [0.4, 0.5) is 4.79 Å². The van der Waals surface area contributed by atoms with Crippen LogP contribution in [-0.4, -0.2) is 11.2 Å². The van der Waals surface area contributed by atoms with E-state index in [4.69, 9.17) is 9.94 Å². The summed E-state index contributed by atoms with van der Waals surface area (Å²) in [4.78, 5) is 16.5. The van der Waals surface area contributed by atoms with Gasteiger partial charge in [0.1, 0.15) is 5.76 Å². The molecule has 3 N–H and O–H groups in total. The Morgan fingerprint density at radius 2 is 1.95 bits per heavy atom. The molecule has 1 heterocycles. The lowest BCUT2D eigenvalue weighted by molar-refractivity contribution is 0.0385. The summed E-state index contributed by atoms with van der Waals surface area (Å²) >= 11 is 0. The molecule has 0 bridgehead atoms. The highest BCUT2D eigenvalue weighted by Gasteiger charge is 2.41. The number of carbonyl (C=O) groups is 1. The Balaban J connectivity index is 2.44. The van der Waals surface area contributed by atoms with Crippen molar-refractivity contribution in [3.63, 3.8) is 0 Å². The third-order valence-corrected chi connectivity index (χ3v) is 2.94. The summed E-state index contributed by atoms with van der Waals surface area (Å²) in [5.74, 6) is 0.699. The van der Waals surface area contributed by atoms with Crippen LogP contribution in [0.5, 0.6) is 0 Å². The predicted octanol–water partition coefficient (Wildman–Crippen LogP) is 2.57. The first-order chi connectivity index (χ1) is 8.83. The van der Waals surface area contributed by atoms with Crippen LogP contribution in [0.1, 0.15) is 26.3 Å². The van der Waals surface area contributed by atoms with Crippen molar-refractivity contribution in [1.82, 2.24) is 10.8 Å². The second-order valence-corrected chi connectivity index (χ2v) is 5.57. The number of amides is 1. The maximum absolute atomic E-state index is 11.1. The maximum Gasteiger partial charge on any atom is 0.406 e. The molecule has 2 rings (SSSR count). The Morgan fingerprint density at radius 3 is 2.42 bits per heavy atom. The summed E-state index contributed by atoms with van der Waals surface area (Å²) in [6.07, 6.45) is 0.655.